The quantitative estimate of drug-likeness (QED) is 0.549. The SMILES string of the molecule is CCOc1ccc2c(c1)C(=O)c1c(c(O)c3ccccc3c1O)C2=O. The largest absolute Gasteiger partial charge is 0.506 e. The molecule has 2 N–H and O–H groups in total. The molecule has 5 heteroatoms. The lowest BCUT2D eigenvalue weighted by Crippen LogP contribution is -2.21. The number of carbonyl (C=O) groups excluding carboxylic acids is 2. The van der Waals surface area contributed by atoms with Gasteiger partial charge in [0.15, 0.2) is 11.6 Å². The van der Waals surface area contributed by atoms with Crippen LogP contribution in [0.1, 0.15) is 38.8 Å². The van der Waals surface area contributed by atoms with Crippen LogP contribution in [0.4, 0.5) is 0 Å². The van der Waals surface area contributed by atoms with E-state index < -0.39 is 11.6 Å². The number of rotatable bonds is 2. The van der Waals surface area contributed by atoms with Gasteiger partial charge in [-0.25, -0.2) is 0 Å². The van der Waals surface area contributed by atoms with Gasteiger partial charge in [-0.05, 0) is 25.1 Å². The second-order valence-corrected chi connectivity index (χ2v) is 5.79. The van der Waals surface area contributed by atoms with E-state index in [1.165, 1.54) is 12.1 Å². The van der Waals surface area contributed by atoms with E-state index in [1.54, 1.807) is 30.3 Å². The molecule has 0 unspecified atom stereocenters. The molecule has 0 heterocycles. The van der Waals surface area contributed by atoms with E-state index in [0.717, 1.165) is 0 Å². The summed E-state index contributed by atoms with van der Waals surface area (Å²) < 4.78 is 5.39. The Labute approximate surface area is 143 Å². The number of phenolic OH excluding ortho intramolecular Hbond substituents is 2. The predicted molar refractivity (Wildman–Crippen MR) is 91.8 cm³/mol. The molecule has 1 aliphatic rings. The van der Waals surface area contributed by atoms with Crippen molar-refractivity contribution >= 4 is 22.3 Å². The first kappa shape index (κ1) is 15.2. The molecule has 0 aliphatic heterocycles. The Bertz CT molecular complexity index is 1070. The normalized spacial score (nSPS) is 12.8. The Balaban J connectivity index is 2.05. The van der Waals surface area contributed by atoms with Crippen LogP contribution >= 0.6 is 0 Å². The van der Waals surface area contributed by atoms with Crippen molar-refractivity contribution in [2.45, 2.75) is 6.92 Å². The molecule has 4 rings (SSSR count). The summed E-state index contributed by atoms with van der Waals surface area (Å²) in [5, 5.41) is 21.8. The van der Waals surface area contributed by atoms with Crippen molar-refractivity contribution in [3.63, 3.8) is 0 Å². The number of phenols is 2. The van der Waals surface area contributed by atoms with E-state index in [0.29, 0.717) is 23.1 Å². The summed E-state index contributed by atoms with van der Waals surface area (Å²) in [6.45, 7) is 2.24. The third-order valence-corrected chi connectivity index (χ3v) is 4.41. The van der Waals surface area contributed by atoms with Gasteiger partial charge in [0.1, 0.15) is 17.2 Å². The Morgan fingerprint density at radius 2 is 1.40 bits per heavy atom. The molecule has 5 nitrogen and oxygen atoms in total. The molecule has 25 heavy (non-hydrogen) atoms. The van der Waals surface area contributed by atoms with Crippen molar-refractivity contribution in [3.8, 4) is 17.2 Å². The van der Waals surface area contributed by atoms with E-state index in [9.17, 15) is 19.8 Å². The molecule has 0 fully saturated rings. The van der Waals surface area contributed by atoms with Crippen molar-refractivity contribution in [3.05, 3.63) is 64.7 Å². The maximum atomic E-state index is 12.9. The molecule has 3 aromatic rings. The lowest BCUT2D eigenvalue weighted by Gasteiger charge is -2.21. The van der Waals surface area contributed by atoms with E-state index in [4.69, 9.17) is 4.74 Å². The summed E-state index contributed by atoms with van der Waals surface area (Å²) in [6, 6.07) is 11.2. The number of fused-ring (bicyclic) bond motifs is 3. The monoisotopic (exact) mass is 334 g/mol. The van der Waals surface area contributed by atoms with Gasteiger partial charge >= 0.3 is 0 Å². The Morgan fingerprint density at radius 1 is 0.840 bits per heavy atom. The summed E-state index contributed by atoms with van der Waals surface area (Å²) >= 11 is 0. The van der Waals surface area contributed by atoms with Crippen molar-refractivity contribution in [1.29, 1.82) is 0 Å². The maximum Gasteiger partial charge on any atom is 0.198 e. The van der Waals surface area contributed by atoms with Gasteiger partial charge in [-0.2, -0.15) is 0 Å². The van der Waals surface area contributed by atoms with Crippen LogP contribution in [-0.4, -0.2) is 28.4 Å². The van der Waals surface area contributed by atoms with Crippen LogP contribution in [0.15, 0.2) is 42.5 Å². The van der Waals surface area contributed by atoms with Gasteiger partial charge in [0, 0.05) is 21.9 Å². The highest BCUT2D eigenvalue weighted by atomic mass is 16.5. The standard InChI is InChI=1S/C20H14O5/c1-2-25-10-7-8-13-14(9-10)20(24)16-15(19(13)23)17(21)11-5-3-4-6-12(11)18(16)22/h3-9,21-22H,2H2,1H3. The first-order valence-electron chi connectivity index (χ1n) is 7.87. The smallest absolute Gasteiger partial charge is 0.198 e. The topological polar surface area (TPSA) is 83.8 Å². The summed E-state index contributed by atoms with van der Waals surface area (Å²) in [5.74, 6) is -1.12. The molecule has 0 saturated carbocycles. The van der Waals surface area contributed by atoms with Gasteiger partial charge in [-0.3, -0.25) is 9.59 Å². The van der Waals surface area contributed by atoms with Gasteiger partial charge in [0.2, 0.25) is 0 Å². The molecule has 0 saturated heterocycles. The lowest BCUT2D eigenvalue weighted by molar-refractivity contribution is 0.0974. The zero-order valence-corrected chi connectivity index (χ0v) is 13.4. The van der Waals surface area contributed by atoms with E-state index in [1.807, 2.05) is 6.92 Å². The van der Waals surface area contributed by atoms with Gasteiger partial charge in [0.05, 0.1) is 17.7 Å². The number of benzene rings is 3. The number of carbonyl (C=O) groups is 2. The summed E-state index contributed by atoms with van der Waals surface area (Å²) in [6.07, 6.45) is 0. The third-order valence-electron chi connectivity index (χ3n) is 4.41. The molecule has 0 radical (unpaired) electrons. The fraction of sp³-hybridized carbons (Fsp3) is 0.100. The lowest BCUT2D eigenvalue weighted by atomic mass is 9.81. The highest BCUT2D eigenvalue weighted by molar-refractivity contribution is 6.32. The van der Waals surface area contributed by atoms with Crippen LogP contribution in [0.2, 0.25) is 0 Å². The van der Waals surface area contributed by atoms with Crippen molar-refractivity contribution in [2.24, 2.45) is 0 Å². The third kappa shape index (κ3) is 2.02. The summed E-state index contributed by atoms with van der Waals surface area (Å²) in [7, 11) is 0. The van der Waals surface area contributed by atoms with Gasteiger partial charge in [0.25, 0.3) is 0 Å². The molecule has 0 bridgehead atoms. The molecule has 0 spiro atoms. The van der Waals surface area contributed by atoms with Gasteiger partial charge in [-0.15, -0.1) is 0 Å². The summed E-state index contributed by atoms with van der Waals surface area (Å²) in [4.78, 5) is 25.8. The number of hydrogen-bond donors (Lipinski definition) is 2. The number of ketones is 2. The predicted octanol–water partition coefficient (Wildman–Crippen LogP) is 3.43. The molecule has 124 valence electrons. The highest BCUT2D eigenvalue weighted by Gasteiger charge is 2.36. The molecular formula is C20H14O5. The molecule has 1 aliphatic carbocycles. The minimum absolute atomic E-state index is 0.155. The average molecular weight is 334 g/mol. The Hall–Kier alpha value is -3.34. The van der Waals surface area contributed by atoms with E-state index >= 15 is 0 Å². The molecule has 0 aromatic heterocycles. The minimum atomic E-state index is -0.510. The van der Waals surface area contributed by atoms with E-state index in [-0.39, 0.29) is 33.8 Å². The average Bonchev–Trinajstić information content (AvgIpc) is 2.63. The van der Waals surface area contributed by atoms with Crippen molar-refractivity contribution in [1.82, 2.24) is 0 Å². The first-order valence-corrected chi connectivity index (χ1v) is 7.87. The van der Waals surface area contributed by atoms with E-state index in [2.05, 4.69) is 0 Å². The van der Waals surface area contributed by atoms with Crippen LogP contribution in [0.25, 0.3) is 10.8 Å². The fourth-order valence-corrected chi connectivity index (χ4v) is 3.28. The zero-order chi connectivity index (χ0) is 17.7. The molecule has 0 amide bonds. The second kappa shape index (κ2) is 5.34. The van der Waals surface area contributed by atoms with Crippen LogP contribution in [-0.2, 0) is 0 Å². The number of hydrogen-bond acceptors (Lipinski definition) is 5. The van der Waals surface area contributed by atoms with Gasteiger partial charge in [-0.1, -0.05) is 24.3 Å². The first-order chi connectivity index (χ1) is 12.0. The molecule has 3 aromatic carbocycles. The fourth-order valence-electron chi connectivity index (χ4n) is 3.28. The molecule has 0 atom stereocenters. The Kier molecular flexibility index (Phi) is 3.25. The number of aromatic hydroxyl groups is 2. The van der Waals surface area contributed by atoms with Crippen molar-refractivity contribution in [2.75, 3.05) is 6.61 Å². The summed E-state index contributed by atoms with van der Waals surface area (Å²) in [5.41, 5.74) is 0.0274. The second-order valence-electron chi connectivity index (χ2n) is 5.79. The van der Waals surface area contributed by atoms with Crippen LogP contribution in [0, 0.1) is 0 Å². The van der Waals surface area contributed by atoms with Gasteiger partial charge < -0.3 is 14.9 Å². The molecular weight excluding hydrogens is 320 g/mol. The zero-order valence-electron chi connectivity index (χ0n) is 13.4. The Morgan fingerprint density at radius 3 is 1.96 bits per heavy atom. The van der Waals surface area contributed by atoms with Crippen LogP contribution in [0.3, 0.4) is 0 Å². The van der Waals surface area contributed by atoms with Crippen LogP contribution < -0.4 is 4.74 Å². The van der Waals surface area contributed by atoms with Crippen molar-refractivity contribution < 1.29 is 24.5 Å². The highest BCUT2D eigenvalue weighted by Crippen LogP contribution is 2.44. The number of ether oxygens (including phenoxy) is 1. The van der Waals surface area contributed by atoms with Crippen LogP contribution in [0.5, 0.6) is 17.2 Å². The minimum Gasteiger partial charge on any atom is -0.506 e. The maximum absolute atomic E-state index is 12.9.